The van der Waals surface area contributed by atoms with Crippen LogP contribution in [0.15, 0.2) is 103 Å². The van der Waals surface area contributed by atoms with Crippen molar-refractivity contribution in [2.45, 2.75) is 38.3 Å². The molecular formula is C28H34O2Si. The van der Waals surface area contributed by atoms with Crippen LogP contribution >= 0.6 is 0 Å². The molecule has 0 fully saturated rings. The molecule has 0 N–H and O–H groups in total. The van der Waals surface area contributed by atoms with Crippen LogP contribution in [-0.4, -0.2) is 22.0 Å². The maximum Gasteiger partial charge on any atom is 0.261 e. The zero-order valence-electron chi connectivity index (χ0n) is 19.1. The van der Waals surface area contributed by atoms with Crippen LogP contribution in [0.1, 0.15) is 38.9 Å². The van der Waals surface area contributed by atoms with Crippen LogP contribution in [0.3, 0.4) is 0 Å². The van der Waals surface area contributed by atoms with Crippen LogP contribution in [0.4, 0.5) is 0 Å². The highest BCUT2D eigenvalue weighted by Gasteiger charge is 2.51. The number of benzene rings is 3. The van der Waals surface area contributed by atoms with E-state index in [0.717, 1.165) is 6.42 Å². The van der Waals surface area contributed by atoms with Crippen molar-refractivity contribution in [2.24, 2.45) is 0 Å². The monoisotopic (exact) mass is 430 g/mol. The Morgan fingerprint density at radius 3 is 1.68 bits per heavy atom. The summed E-state index contributed by atoms with van der Waals surface area (Å²) in [6.07, 6.45) is 5.02. The Bertz CT molecular complexity index is 892. The fraction of sp³-hybridized carbons (Fsp3) is 0.286. The smallest absolute Gasteiger partial charge is 0.261 e. The fourth-order valence-corrected chi connectivity index (χ4v) is 8.88. The van der Waals surface area contributed by atoms with Gasteiger partial charge in [0.15, 0.2) is 0 Å². The van der Waals surface area contributed by atoms with Gasteiger partial charge in [0.2, 0.25) is 0 Å². The quantitative estimate of drug-likeness (QED) is 0.311. The predicted octanol–water partition coefficient (Wildman–Crippen LogP) is 5.90. The molecule has 0 saturated heterocycles. The summed E-state index contributed by atoms with van der Waals surface area (Å²) in [6, 6.07) is 32.2. The summed E-state index contributed by atoms with van der Waals surface area (Å²) in [7, 11) is -0.909. The minimum Gasteiger partial charge on any atom is -0.400 e. The third kappa shape index (κ3) is 5.42. The lowest BCUT2D eigenvalue weighted by Crippen LogP contribution is -2.66. The van der Waals surface area contributed by atoms with Gasteiger partial charge in [0.05, 0.1) is 12.7 Å². The SMILES string of the molecule is COC/C=C\CC(O[Si](c1ccccc1)(c1ccccc1)C(C)(C)C)c1ccccc1. The topological polar surface area (TPSA) is 18.5 Å². The summed E-state index contributed by atoms with van der Waals surface area (Å²) < 4.78 is 12.6. The van der Waals surface area contributed by atoms with E-state index in [1.807, 2.05) is 0 Å². The molecule has 162 valence electrons. The molecule has 0 aliphatic carbocycles. The average molecular weight is 431 g/mol. The molecule has 0 aliphatic heterocycles. The van der Waals surface area contributed by atoms with Gasteiger partial charge in [-0.2, -0.15) is 0 Å². The first-order valence-electron chi connectivity index (χ1n) is 11.0. The first-order valence-corrected chi connectivity index (χ1v) is 12.9. The highest BCUT2D eigenvalue weighted by atomic mass is 28.4. The zero-order chi connectivity index (χ0) is 22.2. The first kappa shape index (κ1) is 23.2. The van der Waals surface area contributed by atoms with Crippen LogP contribution in [0.25, 0.3) is 0 Å². The second-order valence-electron chi connectivity index (χ2n) is 8.84. The molecule has 1 atom stereocenters. The Kier molecular flexibility index (Phi) is 8.02. The van der Waals surface area contributed by atoms with E-state index in [-0.39, 0.29) is 11.1 Å². The molecule has 0 heterocycles. The summed E-state index contributed by atoms with van der Waals surface area (Å²) in [6.45, 7) is 7.58. The average Bonchev–Trinajstić information content (AvgIpc) is 2.80. The lowest BCUT2D eigenvalue weighted by atomic mass is 10.1. The van der Waals surface area contributed by atoms with Crippen LogP contribution in [0, 0.1) is 0 Å². The molecule has 1 unspecified atom stereocenters. The van der Waals surface area contributed by atoms with Gasteiger partial charge in [-0.05, 0) is 27.4 Å². The normalized spacial score (nSPS) is 13.4. The standard InChI is InChI=1S/C28H34O2Si/c1-28(2,3)31(25-18-10-6-11-19-25,26-20-12-7-13-21-26)30-27(22-14-15-23-29-4)24-16-8-5-9-17-24/h5-21,27H,22-23H2,1-4H3/b15-14-. The van der Waals surface area contributed by atoms with Crippen LogP contribution in [0.2, 0.25) is 5.04 Å². The molecule has 0 amide bonds. The molecular weight excluding hydrogens is 396 g/mol. The van der Waals surface area contributed by atoms with Crippen molar-refractivity contribution in [1.82, 2.24) is 0 Å². The second kappa shape index (κ2) is 10.7. The Morgan fingerprint density at radius 1 is 0.742 bits per heavy atom. The van der Waals surface area contributed by atoms with Crippen LogP contribution in [0.5, 0.6) is 0 Å². The minimum atomic E-state index is -2.63. The maximum atomic E-state index is 7.39. The fourth-order valence-electron chi connectivity index (χ4n) is 4.21. The van der Waals surface area contributed by atoms with Crippen LogP contribution in [-0.2, 0) is 9.16 Å². The van der Waals surface area contributed by atoms with Gasteiger partial charge in [-0.1, -0.05) is 124 Å². The Hall–Kier alpha value is -2.46. The van der Waals surface area contributed by atoms with E-state index in [1.54, 1.807) is 7.11 Å². The van der Waals surface area contributed by atoms with E-state index in [9.17, 15) is 0 Å². The van der Waals surface area contributed by atoms with Crippen molar-refractivity contribution in [3.8, 4) is 0 Å². The van der Waals surface area contributed by atoms with E-state index >= 15 is 0 Å². The van der Waals surface area contributed by atoms with Gasteiger partial charge in [0, 0.05) is 7.11 Å². The van der Waals surface area contributed by atoms with Gasteiger partial charge in [-0.3, -0.25) is 0 Å². The first-order chi connectivity index (χ1) is 15.0. The minimum absolute atomic E-state index is 0.0411. The van der Waals surface area contributed by atoms with Crippen molar-refractivity contribution in [3.63, 3.8) is 0 Å². The van der Waals surface area contributed by atoms with Crippen LogP contribution < -0.4 is 10.4 Å². The Morgan fingerprint density at radius 2 is 1.23 bits per heavy atom. The Labute approximate surface area is 188 Å². The molecule has 0 radical (unpaired) electrons. The highest BCUT2D eigenvalue weighted by Crippen LogP contribution is 2.40. The van der Waals surface area contributed by atoms with Crippen molar-refractivity contribution in [3.05, 3.63) is 109 Å². The molecule has 0 spiro atoms. The maximum absolute atomic E-state index is 7.39. The second-order valence-corrected chi connectivity index (χ2v) is 13.1. The number of ether oxygens (including phenoxy) is 1. The summed E-state index contributed by atoms with van der Waals surface area (Å²) in [4.78, 5) is 0. The lowest BCUT2D eigenvalue weighted by Gasteiger charge is -2.45. The predicted molar refractivity (Wildman–Crippen MR) is 134 cm³/mol. The highest BCUT2D eigenvalue weighted by molar-refractivity contribution is 6.99. The van der Waals surface area contributed by atoms with Gasteiger partial charge in [-0.15, -0.1) is 0 Å². The number of methoxy groups -OCH3 is 1. The molecule has 31 heavy (non-hydrogen) atoms. The summed E-state index contributed by atoms with van der Waals surface area (Å²) in [5.74, 6) is 0. The summed E-state index contributed by atoms with van der Waals surface area (Å²) >= 11 is 0. The lowest BCUT2D eigenvalue weighted by molar-refractivity contribution is 0.193. The molecule has 0 bridgehead atoms. The van der Waals surface area contributed by atoms with Crippen molar-refractivity contribution in [1.29, 1.82) is 0 Å². The molecule has 0 aliphatic rings. The Balaban J connectivity index is 2.15. The van der Waals surface area contributed by atoms with E-state index in [1.165, 1.54) is 15.9 Å². The van der Waals surface area contributed by atoms with E-state index < -0.39 is 8.32 Å². The van der Waals surface area contributed by atoms with Crippen molar-refractivity contribution in [2.75, 3.05) is 13.7 Å². The number of hydrogen-bond acceptors (Lipinski definition) is 2. The number of rotatable bonds is 9. The third-order valence-corrected chi connectivity index (χ3v) is 10.7. The molecule has 3 rings (SSSR count). The molecule has 3 heteroatoms. The summed E-state index contributed by atoms with van der Waals surface area (Å²) in [5.41, 5.74) is 1.21. The van der Waals surface area contributed by atoms with Crippen molar-refractivity contribution >= 4 is 18.7 Å². The molecule has 2 nitrogen and oxygen atoms in total. The molecule has 0 saturated carbocycles. The van der Waals surface area contributed by atoms with E-state index in [4.69, 9.17) is 9.16 Å². The third-order valence-electron chi connectivity index (χ3n) is 5.69. The van der Waals surface area contributed by atoms with Gasteiger partial charge in [0.1, 0.15) is 0 Å². The van der Waals surface area contributed by atoms with Gasteiger partial charge in [0.25, 0.3) is 8.32 Å². The van der Waals surface area contributed by atoms with Crippen molar-refractivity contribution < 1.29 is 9.16 Å². The number of hydrogen-bond donors (Lipinski definition) is 0. The molecule has 3 aromatic rings. The van der Waals surface area contributed by atoms with Gasteiger partial charge in [-0.25, -0.2) is 0 Å². The van der Waals surface area contributed by atoms with Gasteiger partial charge >= 0.3 is 0 Å². The van der Waals surface area contributed by atoms with Gasteiger partial charge < -0.3 is 9.16 Å². The van der Waals surface area contributed by atoms with E-state index in [0.29, 0.717) is 6.61 Å². The largest absolute Gasteiger partial charge is 0.400 e. The van der Waals surface area contributed by atoms with E-state index in [2.05, 4.69) is 124 Å². The summed E-state index contributed by atoms with van der Waals surface area (Å²) in [5, 5.41) is 2.55. The zero-order valence-corrected chi connectivity index (χ0v) is 20.1. The molecule has 0 aromatic heterocycles. The molecule has 3 aromatic carbocycles.